The topological polar surface area (TPSA) is 69.0 Å². The van der Waals surface area contributed by atoms with Crippen molar-refractivity contribution in [2.75, 3.05) is 12.4 Å². The van der Waals surface area contributed by atoms with Crippen molar-refractivity contribution in [2.24, 2.45) is 0 Å². The van der Waals surface area contributed by atoms with Gasteiger partial charge in [-0.3, -0.25) is 4.79 Å². The molecule has 1 atom stereocenters. The highest BCUT2D eigenvalue weighted by Gasteiger charge is 2.29. The van der Waals surface area contributed by atoms with Crippen molar-refractivity contribution in [3.63, 3.8) is 0 Å². The number of nitrogens with one attached hydrogen (secondary N) is 1. The smallest absolute Gasteiger partial charge is 0.237 e. The van der Waals surface area contributed by atoms with Crippen molar-refractivity contribution in [3.8, 4) is 5.75 Å². The van der Waals surface area contributed by atoms with E-state index < -0.39 is 0 Å². The quantitative estimate of drug-likeness (QED) is 0.823. The molecule has 1 N–H and O–H groups in total. The summed E-state index contributed by atoms with van der Waals surface area (Å²) in [7, 11) is 1.59. The molecule has 0 saturated heterocycles. The lowest BCUT2D eigenvalue weighted by atomic mass is 10.3. The summed E-state index contributed by atoms with van der Waals surface area (Å²) in [4.78, 5) is 12.4. The second-order valence-electron chi connectivity index (χ2n) is 5.58. The van der Waals surface area contributed by atoms with E-state index in [0.717, 1.165) is 23.8 Å². The van der Waals surface area contributed by atoms with Gasteiger partial charge in [-0.1, -0.05) is 23.9 Å². The van der Waals surface area contributed by atoms with Gasteiger partial charge in [-0.2, -0.15) is 0 Å². The van der Waals surface area contributed by atoms with Gasteiger partial charge in [0, 0.05) is 6.04 Å². The third-order valence-corrected chi connectivity index (χ3v) is 4.82. The Morgan fingerprint density at radius 3 is 2.83 bits per heavy atom. The lowest BCUT2D eigenvalue weighted by molar-refractivity contribution is -0.115. The summed E-state index contributed by atoms with van der Waals surface area (Å²) in [6, 6.07) is 7.87. The number of benzene rings is 1. The molecule has 3 rings (SSSR count). The molecule has 0 spiro atoms. The van der Waals surface area contributed by atoms with Crippen molar-refractivity contribution in [1.29, 1.82) is 0 Å². The Hall–Kier alpha value is -2.02. The molecule has 7 heteroatoms. The number of thioether (sulfide) groups is 1. The van der Waals surface area contributed by atoms with E-state index in [1.807, 2.05) is 38.1 Å². The van der Waals surface area contributed by atoms with Gasteiger partial charge in [0.15, 0.2) is 5.16 Å². The molecule has 1 heterocycles. The number of aryl methyl sites for hydroxylation is 1. The fourth-order valence-electron chi connectivity index (χ4n) is 2.38. The Balaban J connectivity index is 1.68. The van der Waals surface area contributed by atoms with Crippen molar-refractivity contribution in [1.82, 2.24) is 14.8 Å². The normalized spacial score (nSPS) is 15.3. The second-order valence-corrected chi connectivity index (χ2v) is 6.89. The van der Waals surface area contributed by atoms with Crippen LogP contribution in [-0.2, 0) is 4.79 Å². The van der Waals surface area contributed by atoms with Gasteiger partial charge in [0.2, 0.25) is 5.91 Å². The Labute approximate surface area is 139 Å². The molecule has 1 fully saturated rings. The maximum atomic E-state index is 12.4. The van der Waals surface area contributed by atoms with E-state index in [1.165, 1.54) is 11.8 Å². The average Bonchev–Trinajstić information content (AvgIpc) is 3.32. The molecule has 1 aliphatic carbocycles. The molecule has 2 aromatic rings. The highest BCUT2D eigenvalue weighted by molar-refractivity contribution is 8.00. The molecule has 1 aromatic carbocycles. The SMILES string of the molecule is COc1ccccc1NC(=O)[C@@H](C)Sc1nnc(C)n1C1CC1. The maximum absolute atomic E-state index is 12.4. The largest absolute Gasteiger partial charge is 0.495 e. The molecule has 6 nitrogen and oxygen atoms in total. The minimum Gasteiger partial charge on any atom is -0.495 e. The van der Waals surface area contributed by atoms with Crippen LogP contribution in [0, 0.1) is 6.92 Å². The predicted octanol–water partition coefficient (Wildman–Crippen LogP) is 3.05. The number of carbonyl (C=O) groups excluding carboxylic acids is 1. The van der Waals surface area contributed by atoms with Crippen LogP contribution in [0.2, 0.25) is 0 Å². The van der Waals surface area contributed by atoms with E-state index >= 15 is 0 Å². The van der Waals surface area contributed by atoms with Crippen LogP contribution in [0.3, 0.4) is 0 Å². The van der Waals surface area contributed by atoms with Crippen LogP contribution < -0.4 is 10.1 Å². The van der Waals surface area contributed by atoms with E-state index in [-0.39, 0.29) is 11.2 Å². The van der Waals surface area contributed by atoms with Gasteiger partial charge < -0.3 is 14.6 Å². The first kappa shape index (κ1) is 15.9. The molecule has 0 radical (unpaired) electrons. The van der Waals surface area contributed by atoms with Gasteiger partial charge in [-0.25, -0.2) is 0 Å². The molecule has 0 bridgehead atoms. The van der Waals surface area contributed by atoms with Gasteiger partial charge in [-0.15, -0.1) is 10.2 Å². The highest BCUT2D eigenvalue weighted by atomic mass is 32.2. The first-order valence-corrected chi connectivity index (χ1v) is 8.50. The number of aromatic nitrogens is 3. The molecule has 1 saturated carbocycles. The summed E-state index contributed by atoms with van der Waals surface area (Å²) in [6.45, 7) is 3.83. The van der Waals surface area contributed by atoms with Gasteiger partial charge in [-0.05, 0) is 38.8 Å². The fraction of sp³-hybridized carbons (Fsp3) is 0.438. The third kappa shape index (κ3) is 3.50. The first-order valence-electron chi connectivity index (χ1n) is 7.62. The van der Waals surface area contributed by atoms with Crippen molar-refractivity contribution in [2.45, 2.75) is 43.1 Å². The Bertz CT molecular complexity index is 712. The minimum absolute atomic E-state index is 0.0810. The van der Waals surface area contributed by atoms with Crippen LogP contribution >= 0.6 is 11.8 Å². The number of hydrogen-bond acceptors (Lipinski definition) is 5. The van der Waals surface area contributed by atoms with Crippen LogP contribution in [0.25, 0.3) is 0 Å². The number of anilines is 1. The summed E-state index contributed by atoms with van der Waals surface area (Å²) >= 11 is 1.44. The fourth-order valence-corrected chi connectivity index (χ4v) is 3.34. The van der Waals surface area contributed by atoms with E-state index in [2.05, 4.69) is 20.1 Å². The van der Waals surface area contributed by atoms with Crippen LogP contribution in [0.5, 0.6) is 5.75 Å². The number of methoxy groups -OCH3 is 1. The second kappa shape index (κ2) is 6.62. The monoisotopic (exact) mass is 332 g/mol. The predicted molar refractivity (Wildman–Crippen MR) is 90.0 cm³/mol. The lowest BCUT2D eigenvalue weighted by Gasteiger charge is -2.14. The van der Waals surface area contributed by atoms with Crippen molar-refractivity contribution < 1.29 is 9.53 Å². The van der Waals surface area contributed by atoms with Gasteiger partial charge in [0.25, 0.3) is 0 Å². The zero-order valence-electron chi connectivity index (χ0n) is 13.4. The summed E-state index contributed by atoms with van der Waals surface area (Å²) < 4.78 is 7.39. The Morgan fingerprint density at radius 1 is 1.39 bits per heavy atom. The highest BCUT2D eigenvalue weighted by Crippen LogP contribution is 2.39. The number of hydrogen-bond donors (Lipinski definition) is 1. The van der Waals surface area contributed by atoms with Gasteiger partial charge >= 0.3 is 0 Å². The zero-order valence-corrected chi connectivity index (χ0v) is 14.3. The summed E-state index contributed by atoms with van der Waals surface area (Å²) in [5, 5.41) is 11.8. The lowest BCUT2D eigenvalue weighted by Crippen LogP contribution is -2.23. The number of amides is 1. The summed E-state index contributed by atoms with van der Waals surface area (Å²) in [5.74, 6) is 1.48. The van der Waals surface area contributed by atoms with E-state index in [9.17, 15) is 4.79 Å². The molecule has 0 aliphatic heterocycles. The standard InChI is InChI=1S/C16H20N4O2S/c1-10(15(21)17-13-6-4-5-7-14(13)22-3)23-16-19-18-11(2)20(16)12-8-9-12/h4-7,10,12H,8-9H2,1-3H3,(H,17,21)/t10-/m1/s1. The number of nitrogens with zero attached hydrogens (tertiary/aromatic N) is 3. The number of para-hydroxylation sites is 2. The molecular formula is C16H20N4O2S. The number of carbonyl (C=O) groups is 1. The van der Waals surface area contributed by atoms with Crippen molar-refractivity contribution >= 4 is 23.4 Å². The molecule has 1 aromatic heterocycles. The molecule has 122 valence electrons. The summed E-state index contributed by atoms with van der Waals surface area (Å²) in [6.07, 6.45) is 2.32. The Kier molecular flexibility index (Phi) is 4.56. The van der Waals surface area contributed by atoms with E-state index in [0.29, 0.717) is 17.5 Å². The Morgan fingerprint density at radius 2 is 2.13 bits per heavy atom. The van der Waals surface area contributed by atoms with Crippen LogP contribution in [-0.4, -0.2) is 33.0 Å². The number of rotatable bonds is 6. The molecular weight excluding hydrogens is 312 g/mol. The maximum Gasteiger partial charge on any atom is 0.237 e. The van der Waals surface area contributed by atoms with E-state index in [1.54, 1.807) is 7.11 Å². The minimum atomic E-state index is -0.277. The van der Waals surface area contributed by atoms with Crippen LogP contribution in [0.15, 0.2) is 29.4 Å². The van der Waals surface area contributed by atoms with Gasteiger partial charge in [0.05, 0.1) is 18.0 Å². The van der Waals surface area contributed by atoms with Crippen LogP contribution in [0.4, 0.5) is 5.69 Å². The zero-order chi connectivity index (χ0) is 16.4. The van der Waals surface area contributed by atoms with E-state index in [4.69, 9.17) is 4.74 Å². The van der Waals surface area contributed by atoms with Crippen molar-refractivity contribution in [3.05, 3.63) is 30.1 Å². The summed E-state index contributed by atoms with van der Waals surface area (Å²) in [5.41, 5.74) is 0.673. The van der Waals surface area contributed by atoms with Gasteiger partial charge in [0.1, 0.15) is 11.6 Å². The average molecular weight is 332 g/mol. The molecule has 23 heavy (non-hydrogen) atoms. The third-order valence-electron chi connectivity index (χ3n) is 3.76. The molecule has 1 amide bonds. The molecule has 0 unspecified atom stereocenters. The molecule has 1 aliphatic rings. The first-order chi connectivity index (χ1) is 11.1. The number of ether oxygens (including phenoxy) is 1. The van der Waals surface area contributed by atoms with Crippen LogP contribution in [0.1, 0.15) is 31.6 Å².